The van der Waals surface area contributed by atoms with E-state index >= 15 is 0 Å². The predicted molar refractivity (Wildman–Crippen MR) is 86.2 cm³/mol. The molecule has 0 aromatic heterocycles. The maximum atomic E-state index is 11.6. The standard InChI is InChI=1S/C16H27NO7/c1-5-13(19)10-14(24-12(4)18)9-11(3)23-16(21)17-7-8-22-15(20)6-2/h6,11,13-14,19H,2,5,7-10H2,1,3-4H3,(H,17,21). The van der Waals surface area contributed by atoms with Crippen molar-refractivity contribution in [1.29, 1.82) is 0 Å². The van der Waals surface area contributed by atoms with Crippen molar-refractivity contribution >= 4 is 18.0 Å². The van der Waals surface area contributed by atoms with Gasteiger partial charge in [-0.15, -0.1) is 0 Å². The highest BCUT2D eigenvalue weighted by Crippen LogP contribution is 2.14. The molecule has 3 unspecified atom stereocenters. The van der Waals surface area contributed by atoms with Gasteiger partial charge in [0, 0.05) is 25.8 Å². The summed E-state index contributed by atoms with van der Waals surface area (Å²) >= 11 is 0. The molecule has 0 radical (unpaired) electrons. The van der Waals surface area contributed by atoms with Crippen LogP contribution in [0.5, 0.6) is 0 Å². The number of ether oxygens (including phenoxy) is 3. The molecule has 0 fully saturated rings. The second-order valence-electron chi connectivity index (χ2n) is 5.28. The summed E-state index contributed by atoms with van der Waals surface area (Å²) in [5, 5.41) is 12.1. The summed E-state index contributed by atoms with van der Waals surface area (Å²) in [4.78, 5) is 33.5. The highest BCUT2D eigenvalue weighted by Gasteiger charge is 2.21. The molecule has 0 aliphatic heterocycles. The topological polar surface area (TPSA) is 111 Å². The van der Waals surface area contributed by atoms with Gasteiger partial charge in [-0.25, -0.2) is 9.59 Å². The number of amides is 1. The normalized spacial score (nSPS) is 14.0. The van der Waals surface area contributed by atoms with Gasteiger partial charge >= 0.3 is 18.0 Å². The first-order valence-corrected chi connectivity index (χ1v) is 7.87. The minimum atomic E-state index is -0.672. The SMILES string of the molecule is C=CC(=O)OCCNC(=O)OC(C)CC(CC(O)CC)OC(C)=O. The minimum absolute atomic E-state index is 0.00704. The van der Waals surface area contributed by atoms with E-state index < -0.39 is 36.3 Å². The van der Waals surface area contributed by atoms with Crippen LogP contribution in [0.2, 0.25) is 0 Å². The molecular formula is C16H27NO7. The number of nitrogens with one attached hydrogen (secondary N) is 1. The average molecular weight is 345 g/mol. The summed E-state index contributed by atoms with van der Waals surface area (Å²) in [6, 6.07) is 0. The summed E-state index contributed by atoms with van der Waals surface area (Å²) in [5.74, 6) is -1.03. The molecule has 138 valence electrons. The summed E-state index contributed by atoms with van der Waals surface area (Å²) in [7, 11) is 0. The van der Waals surface area contributed by atoms with Gasteiger partial charge in [-0.2, -0.15) is 0 Å². The highest BCUT2D eigenvalue weighted by atomic mass is 16.6. The van der Waals surface area contributed by atoms with Crippen molar-refractivity contribution in [3.05, 3.63) is 12.7 Å². The number of esters is 2. The van der Waals surface area contributed by atoms with Gasteiger partial charge < -0.3 is 24.6 Å². The van der Waals surface area contributed by atoms with Gasteiger partial charge in [0.1, 0.15) is 18.8 Å². The van der Waals surface area contributed by atoms with Crippen LogP contribution in [-0.2, 0) is 23.8 Å². The lowest BCUT2D eigenvalue weighted by Gasteiger charge is -2.23. The fourth-order valence-electron chi connectivity index (χ4n) is 1.90. The second-order valence-corrected chi connectivity index (χ2v) is 5.28. The minimum Gasteiger partial charge on any atom is -0.462 e. The van der Waals surface area contributed by atoms with Crippen LogP contribution < -0.4 is 5.32 Å². The monoisotopic (exact) mass is 345 g/mol. The van der Waals surface area contributed by atoms with E-state index in [-0.39, 0.29) is 26.0 Å². The lowest BCUT2D eigenvalue weighted by atomic mass is 10.0. The number of aliphatic hydroxyl groups is 1. The zero-order valence-electron chi connectivity index (χ0n) is 14.4. The number of alkyl carbamates (subject to hydrolysis) is 1. The molecule has 0 aromatic rings. The van der Waals surface area contributed by atoms with Crippen LogP contribution in [0.1, 0.15) is 40.0 Å². The lowest BCUT2D eigenvalue weighted by Crippen LogP contribution is -2.33. The zero-order chi connectivity index (χ0) is 18.5. The van der Waals surface area contributed by atoms with E-state index in [0.29, 0.717) is 6.42 Å². The first kappa shape index (κ1) is 21.9. The quantitative estimate of drug-likeness (QED) is 0.251. The Bertz CT molecular complexity index is 425. The largest absolute Gasteiger partial charge is 0.462 e. The Kier molecular flexibility index (Phi) is 11.3. The third-order valence-electron chi connectivity index (χ3n) is 3.02. The molecular weight excluding hydrogens is 318 g/mol. The van der Waals surface area contributed by atoms with E-state index in [4.69, 9.17) is 14.2 Å². The van der Waals surface area contributed by atoms with Crippen molar-refractivity contribution < 1.29 is 33.7 Å². The van der Waals surface area contributed by atoms with Crippen LogP contribution in [0, 0.1) is 0 Å². The van der Waals surface area contributed by atoms with Crippen molar-refractivity contribution in [3.8, 4) is 0 Å². The molecule has 24 heavy (non-hydrogen) atoms. The second kappa shape index (κ2) is 12.3. The number of rotatable bonds is 11. The molecule has 2 N–H and O–H groups in total. The first-order chi connectivity index (χ1) is 11.3. The molecule has 0 rings (SSSR count). The Morgan fingerprint density at radius 2 is 1.92 bits per heavy atom. The third-order valence-corrected chi connectivity index (χ3v) is 3.02. The summed E-state index contributed by atoms with van der Waals surface area (Å²) < 4.78 is 15.0. The van der Waals surface area contributed by atoms with E-state index in [2.05, 4.69) is 11.9 Å². The molecule has 0 spiro atoms. The average Bonchev–Trinajstić information content (AvgIpc) is 2.50. The number of aliphatic hydroxyl groups excluding tert-OH is 1. The van der Waals surface area contributed by atoms with Gasteiger partial charge in [0.25, 0.3) is 0 Å². The van der Waals surface area contributed by atoms with Crippen LogP contribution in [0.4, 0.5) is 4.79 Å². The predicted octanol–water partition coefficient (Wildman–Crippen LogP) is 1.31. The fourth-order valence-corrected chi connectivity index (χ4v) is 1.90. The van der Waals surface area contributed by atoms with E-state index in [1.165, 1.54) is 6.92 Å². The number of carbonyl (C=O) groups excluding carboxylic acids is 3. The number of hydrogen-bond acceptors (Lipinski definition) is 7. The Labute approximate surface area is 142 Å². The highest BCUT2D eigenvalue weighted by molar-refractivity contribution is 5.81. The van der Waals surface area contributed by atoms with E-state index in [0.717, 1.165) is 6.08 Å². The van der Waals surface area contributed by atoms with Crippen molar-refractivity contribution in [1.82, 2.24) is 5.32 Å². The molecule has 0 saturated heterocycles. The Hall–Kier alpha value is -2.09. The number of hydrogen-bond donors (Lipinski definition) is 2. The third kappa shape index (κ3) is 11.5. The first-order valence-electron chi connectivity index (χ1n) is 7.87. The maximum absolute atomic E-state index is 11.6. The summed E-state index contributed by atoms with van der Waals surface area (Å²) in [6.07, 6.45) is -0.192. The Balaban J connectivity index is 4.18. The van der Waals surface area contributed by atoms with Gasteiger partial charge in [0.15, 0.2) is 0 Å². The maximum Gasteiger partial charge on any atom is 0.407 e. The smallest absolute Gasteiger partial charge is 0.407 e. The summed E-state index contributed by atoms with van der Waals surface area (Å²) in [5.41, 5.74) is 0. The van der Waals surface area contributed by atoms with Crippen molar-refractivity contribution in [2.45, 2.75) is 58.3 Å². The van der Waals surface area contributed by atoms with Crippen molar-refractivity contribution in [2.24, 2.45) is 0 Å². The van der Waals surface area contributed by atoms with Crippen LogP contribution >= 0.6 is 0 Å². The van der Waals surface area contributed by atoms with E-state index in [9.17, 15) is 19.5 Å². The fraction of sp³-hybridized carbons (Fsp3) is 0.688. The van der Waals surface area contributed by atoms with Crippen LogP contribution in [0.15, 0.2) is 12.7 Å². The molecule has 0 saturated carbocycles. The van der Waals surface area contributed by atoms with Gasteiger partial charge in [-0.3, -0.25) is 4.79 Å². The molecule has 0 heterocycles. The Morgan fingerprint density at radius 1 is 1.25 bits per heavy atom. The molecule has 0 aliphatic rings. The van der Waals surface area contributed by atoms with E-state index in [1.807, 2.05) is 6.92 Å². The molecule has 3 atom stereocenters. The van der Waals surface area contributed by atoms with Crippen molar-refractivity contribution in [3.63, 3.8) is 0 Å². The van der Waals surface area contributed by atoms with Gasteiger partial charge in [0.05, 0.1) is 12.6 Å². The van der Waals surface area contributed by atoms with Crippen molar-refractivity contribution in [2.75, 3.05) is 13.2 Å². The summed E-state index contributed by atoms with van der Waals surface area (Å²) in [6.45, 7) is 8.13. The number of carbonyl (C=O) groups is 3. The molecule has 0 aromatic carbocycles. The molecule has 1 amide bonds. The lowest BCUT2D eigenvalue weighted by molar-refractivity contribution is -0.149. The molecule has 8 nitrogen and oxygen atoms in total. The molecule has 0 bridgehead atoms. The molecule has 0 aliphatic carbocycles. The van der Waals surface area contributed by atoms with E-state index in [1.54, 1.807) is 6.92 Å². The van der Waals surface area contributed by atoms with Gasteiger partial charge in [-0.05, 0) is 13.3 Å². The molecule has 8 heteroatoms. The van der Waals surface area contributed by atoms with Gasteiger partial charge in [-0.1, -0.05) is 13.5 Å². The van der Waals surface area contributed by atoms with Crippen LogP contribution in [0.25, 0.3) is 0 Å². The van der Waals surface area contributed by atoms with Gasteiger partial charge in [0.2, 0.25) is 0 Å². The zero-order valence-corrected chi connectivity index (χ0v) is 14.4. The van der Waals surface area contributed by atoms with Crippen LogP contribution in [-0.4, -0.2) is 54.6 Å². The Morgan fingerprint density at radius 3 is 2.46 bits per heavy atom. The van der Waals surface area contributed by atoms with Crippen LogP contribution in [0.3, 0.4) is 0 Å².